The third-order valence-electron chi connectivity index (χ3n) is 5.48. The minimum absolute atomic E-state index is 0.0217. The number of hydrogen-bond donors (Lipinski definition) is 2. The zero-order valence-electron chi connectivity index (χ0n) is 20.4. The first-order valence-corrected chi connectivity index (χ1v) is 11.6. The number of amides is 1. The van der Waals surface area contributed by atoms with Crippen molar-refractivity contribution < 1.29 is 27.5 Å². The molecule has 9 heteroatoms. The van der Waals surface area contributed by atoms with E-state index < -0.39 is 36.0 Å². The van der Waals surface area contributed by atoms with E-state index in [1.165, 1.54) is 6.07 Å². The lowest BCUT2D eigenvalue weighted by Crippen LogP contribution is -2.29. The molecule has 0 aliphatic rings. The molecule has 0 spiro atoms. The van der Waals surface area contributed by atoms with Crippen LogP contribution in [0.2, 0.25) is 0 Å². The molecule has 3 aromatic rings. The van der Waals surface area contributed by atoms with Crippen molar-refractivity contribution in [3.8, 4) is 0 Å². The fraction of sp³-hybridized carbons (Fsp3) is 0.370. The predicted octanol–water partition coefficient (Wildman–Crippen LogP) is 5.46. The van der Waals surface area contributed by atoms with E-state index in [1.807, 2.05) is 0 Å². The van der Waals surface area contributed by atoms with Crippen LogP contribution in [0.15, 0.2) is 59.4 Å². The maximum Gasteiger partial charge on any atom is 0.389 e. The Bertz CT molecular complexity index is 1280. The Morgan fingerprint density at radius 1 is 0.972 bits per heavy atom. The summed E-state index contributed by atoms with van der Waals surface area (Å²) in [5, 5.41) is 3.36. The van der Waals surface area contributed by atoms with Crippen molar-refractivity contribution in [3.63, 3.8) is 0 Å². The molecule has 0 radical (unpaired) electrons. The van der Waals surface area contributed by atoms with Crippen LogP contribution in [0, 0.1) is 0 Å². The number of aromatic nitrogens is 1. The first-order chi connectivity index (χ1) is 16.8. The quantitative estimate of drug-likeness (QED) is 0.400. The second kappa shape index (κ2) is 11.0. The number of hydrogen-bond acceptors (Lipinski definition) is 4. The van der Waals surface area contributed by atoms with Crippen LogP contribution in [-0.4, -0.2) is 35.2 Å². The number of carbonyl (C=O) groups is 2. The zero-order chi connectivity index (χ0) is 26.5. The number of pyridine rings is 1. The Morgan fingerprint density at radius 2 is 1.64 bits per heavy atom. The van der Waals surface area contributed by atoms with Gasteiger partial charge in [-0.05, 0) is 74.0 Å². The van der Waals surface area contributed by atoms with Gasteiger partial charge in [0.2, 0.25) is 5.56 Å². The Balaban J connectivity index is 1.75. The number of fused-ring (bicyclic) bond motifs is 1. The highest BCUT2D eigenvalue weighted by molar-refractivity contribution is 5.94. The van der Waals surface area contributed by atoms with Gasteiger partial charge >= 0.3 is 12.1 Å². The van der Waals surface area contributed by atoms with E-state index >= 15 is 0 Å². The lowest BCUT2D eigenvalue weighted by molar-refractivity contribution is -0.154. The lowest BCUT2D eigenvalue weighted by atomic mass is 9.86. The largest absolute Gasteiger partial charge is 0.460 e. The Kier molecular flexibility index (Phi) is 8.22. The van der Waals surface area contributed by atoms with Gasteiger partial charge in [-0.3, -0.25) is 14.4 Å². The van der Waals surface area contributed by atoms with Crippen molar-refractivity contribution in [2.24, 2.45) is 0 Å². The minimum Gasteiger partial charge on any atom is -0.460 e. The number of halogens is 3. The summed E-state index contributed by atoms with van der Waals surface area (Å²) < 4.78 is 44.4. The monoisotopic (exact) mass is 502 g/mol. The number of ether oxygens (including phenoxy) is 1. The summed E-state index contributed by atoms with van der Waals surface area (Å²) >= 11 is 0. The molecule has 2 N–H and O–H groups in total. The maximum atomic E-state index is 13.1. The van der Waals surface area contributed by atoms with Gasteiger partial charge < -0.3 is 15.0 Å². The number of benzene rings is 2. The van der Waals surface area contributed by atoms with E-state index in [0.29, 0.717) is 27.6 Å². The molecule has 0 bridgehead atoms. The van der Waals surface area contributed by atoms with Gasteiger partial charge in [-0.25, -0.2) is 0 Å². The summed E-state index contributed by atoms with van der Waals surface area (Å²) in [5.41, 5.74) is 1.36. The van der Waals surface area contributed by atoms with Crippen molar-refractivity contribution in [2.45, 2.75) is 57.7 Å². The average molecular weight is 503 g/mol. The van der Waals surface area contributed by atoms with Gasteiger partial charge in [-0.1, -0.05) is 18.2 Å². The first-order valence-electron chi connectivity index (χ1n) is 11.6. The zero-order valence-corrected chi connectivity index (χ0v) is 20.4. The van der Waals surface area contributed by atoms with Crippen molar-refractivity contribution >= 4 is 22.8 Å². The molecule has 192 valence electrons. The van der Waals surface area contributed by atoms with E-state index in [0.717, 1.165) is 0 Å². The highest BCUT2D eigenvalue weighted by atomic mass is 19.4. The third kappa shape index (κ3) is 7.96. The molecule has 1 amide bonds. The number of aromatic amines is 1. The molecule has 2 aromatic carbocycles. The number of nitrogens with one attached hydrogen (secondary N) is 2. The summed E-state index contributed by atoms with van der Waals surface area (Å²) in [4.78, 5) is 38.5. The molecule has 0 saturated heterocycles. The third-order valence-corrected chi connectivity index (χ3v) is 5.48. The number of esters is 1. The lowest BCUT2D eigenvalue weighted by Gasteiger charge is -2.20. The summed E-state index contributed by atoms with van der Waals surface area (Å²) in [5.74, 6) is -1.39. The molecule has 0 fully saturated rings. The Morgan fingerprint density at radius 3 is 2.28 bits per heavy atom. The number of rotatable bonds is 8. The van der Waals surface area contributed by atoms with Crippen molar-refractivity contribution in [2.75, 3.05) is 6.54 Å². The SMILES string of the molecule is CC(C)(C)OC(=O)CCNC(=O)c1ccc([C@H](CCC(F)(F)F)c2ccc3[nH]c(=O)ccc3c2)cc1. The van der Waals surface area contributed by atoms with Gasteiger partial charge in [0.15, 0.2) is 0 Å². The summed E-state index contributed by atoms with van der Waals surface area (Å²) in [6.45, 7) is 5.37. The van der Waals surface area contributed by atoms with Gasteiger partial charge in [0.25, 0.3) is 5.91 Å². The normalized spacial score (nSPS) is 12.8. The van der Waals surface area contributed by atoms with E-state index in [4.69, 9.17) is 4.74 Å². The molecule has 6 nitrogen and oxygen atoms in total. The standard InChI is InChI=1S/C27H29F3N2O4/c1-26(2,3)36-24(34)13-15-31-25(35)18-6-4-17(5-7-18)21(12-14-27(28,29)30)19-8-10-22-20(16-19)9-11-23(33)32-22/h4-11,16,21H,12-15H2,1-3H3,(H,31,35)(H,32,33)/t21-/m0/s1. The average Bonchev–Trinajstić information content (AvgIpc) is 2.77. The molecule has 0 aliphatic carbocycles. The molecule has 0 unspecified atom stereocenters. The smallest absolute Gasteiger partial charge is 0.389 e. The van der Waals surface area contributed by atoms with Gasteiger partial charge in [0.1, 0.15) is 5.60 Å². The second-order valence-corrected chi connectivity index (χ2v) is 9.59. The van der Waals surface area contributed by atoms with Crippen LogP contribution in [0.25, 0.3) is 10.9 Å². The van der Waals surface area contributed by atoms with Gasteiger partial charge in [0.05, 0.1) is 6.42 Å². The molecule has 0 saturated carbocycles. The van der Waals surface area contributed by atoms with E-state index in [9.17, 15) is 27.6 Å². The summed E-state index contributed by atoms with van der Waals surface area (Å²) in [6, 6.07) is 14.5. The Hall–Kier alpha value is -3.62. The number of H-pyrrole nitrogens is 1. The topological polar surface area (TPSA) is 88.3 Å². The van der Waals surface area contributed by atoms with Crippen LogP contribution in [0.4, 0.5) is 13.2 Å². The molecular formula is C27H29F3N2O4. The van der Waals surface area contributed by atoms with Gasteiger partial charge in [0, 0.05) is 36.0 Å². The minimum atomic E-state index is -4.31. The van der Waals surface area contributed by atoms with E-state index in [1.54, 1.807) is 69.3 Å². The number of carbonyl (C=O) groups excluding carboxylic acids is 2. The van der Waals surface area contributed by atoms with Crippen LogP contribution < -0.4 is 10.9 Å². The number of alkyl halides is 3. The highest BCUT2D eigenvalue weighted by Crippen LogP contribution is 2.35. The molecule has 3 rings (SSSR count). The van der Waals surface area contributed by atoms with Crippen LogP contribution >= 0.6 is 0 Å². The fourth-order valence-electron chi connectivity index (χ4n) is 3.86. The molecule has 36 heavy (non-hydrogen) atoms. The van der Waals surface area contributed by atoms with Crippen LogP contribution in [0.3, 0.4) is 0 Å². The molecule has 1 aromatic heterocycles. The van der Waals surface area contributed by atoms with E-state index in [-0.39, 0.29) is 24.9 Å². The van der Waals surface area contributed by atoms with Gasteiger partial charge in [-0.2, -0.15) is 13.2 Å². The Labute approximate surface area is 206 Å². The van der Waals surface area contributed by atoms with Crippen LogP contribution in [0.5, 0.6) is 0 Å². The van der Waals surface area contributed by atoms with Gasteiger partial charge in [-0.15, -0.1) is 0 Å². The van der Waals surface area contributed by atoms with Crippen molar-refractivity contribution in [1.82, 2.24) is 10.3 Å². The molecule has 1 atom stereocenters. The van der Waals surface area contributed by atoms with Crippen LogP contribution in [0.1, 0.15) is 67.4 Å². The van der Waals surface area contributed by atoms with Crippen molar-refractivity contribution in [1.29, 1.82) is 0 Å². The predicted molar refractivity (Wildman–Crippen MR) is 131 cm³/mol. The van der Waals surface area contributed by atoms with Crippen LogP contribution in [-0.2, 0) is 9.53 Å². The summed E-state index contributed by atoms with van der Waals surface area (Å²) in [7, 11) is 0. The first kappa shape index (κ1) is 27.0. The second-order valence-electron chi connectivity index (χ2n) is 9.59. The molecule has 0 aliphatic heterocycles. The summed E-state index contributed by atoms with van der Waals surface area (Å²) in [6.07, 6.45) is -5.42. The van der Waals surface area contributed by atoms with E-state index in [2.05, 4.69) is 10.3 Å². The highest BCUT2D eigenvalue weighted by Gasteiger charge is 2.29. The maximum absolute atomic E-state index is 13.1. The fourth-order valence-corrected chi connectivity index (χ4v) is 3.86. The van der Waals surface area contributed by atoms with Crippen molar-refractivity contribution in [3.05, 3.63) is 81.6 Å². The molecular weight excluding hydrogens is 473 g/mol. The molecule has 1 heterocycles.